The molecule has 0 bridgehead atoms. The molecule has 1 amide bonds. The number of carbonyl (C=O) groups excluding carboxylic acids is 1. The lowest BCUT2D eigenvalue weighted by Gasteiger charge is -2.17. The molecule has 1 aromatic carbocycles. The molecule has 5 nitrogen and oxygen atoms in total. The van der Waals surface area contributed by atoms with Gasteiger partial charge in [0.2, 0.25) is 0 Å². The Balaban J connectivity index is 1.64. The SMILES string of the molecule is CN(CCc1ccncc1)C(=O)c1cncc(Nc2ccccc2)c1. The Bertz CT molecular complexity index is 821. The number of hydrogen-bond acceptors (Lipinski definition) is 4. The predicted molar refractivity (Wildman–Crippen MR) is 98.9 cm³/mol. The summed E-state index contributed by atoms with van der Waals surface area (Å²) in [7, 11) is 1.81. The number of amides is 1. The standard InChI is InChI=1S/C20H20N4O/c1-24(12-9-16-7-10-21-11-8-16)20(25)17-13-19(15-22-14-17)23-18-5-3-2-4-6-18/h2-8,10-11,13-15,23H,9,12H2,1H3. The Morgan fingerprint density at radius 2 is 1.76 bits per heavy atom. The highest BCUT2D eigenvalue weighted by molar-refractivity contribution is 5.94. The van der Waals surface area contributed by atoms with E-state index in [0.29, 0.717) is 12.1 Å². The van der Waals surface area contributed by atoms with Gasteiger partial charge in [0.1, 0.15) is 0 Å². The Morgan fingerprint density at radius 3 is 2.52 bits per heavy atom. The Kier molecular flexibility index (Phi) is 5.36. The van der Waals surface area contributed by atoms with E-state index in [4.69, 9.17) is 0 Å². The first kappa shape index (κ1) is 16.6. The average Bonchev–Trinajstić information content (AvgIpc) is 2.67. The summed E-state index contributed by atoms with van der Waals surface area (Å²) in [5, 5.41) is 3.26. The molecule has 0 unspecified atom stereocenters. The molecule has 25 heavy (non-hydrogen) atoms. The molecule has 2 heterocycles. The molecule has 0 atom stereocenters. The molecule has 0 spiro atoms. The summed E-state index contributed by atoms with van der Waals surface area (Å²) in [6.45, 7) is 0.638. The van der Waals surface area contributed by atoms with Crippen molar-refractivity contribution < 1.29 is 4.79 Å². The molecule has 5 heteroatoms. The van der Waals surface area contributed by atoms with Gasteiger partial charge in [0.05, 0.1) is 17.4 Å². The maximum Gasteiger partial charge on any atom is 0.255 e. The maximum atomic E-state index is 12.6. The van der Waals surface area contributed by atoms with Crippen molar-refractivity contribution in [2.45, 2.75) is 6.42 Å². The van der Waals surface area contributed by atoms with Gasteiger partial charge in [-0.3, -0.25) is 14.8 Å². The van der Waals surface area contributed by atoms with Crippen LogP contribution in [0.4, 0.5) is 11.4 Å². The smallest absolute Gasteiger partial charge is 0.255 e. The zero-order valence-corrected chi connectivity index (χ0v) is 14.1. The van der Waals surface area contributed by atoms with Gasteiger partial charge in [-0.2, -0.15) is 0 Å². The van der Waals surface area contributed by atoms with Crippen LogP contribution in [-0.4, -0.2) is 34.4 Å². The molecule has 1 N–H and O–H groups in total. The number of benzene rings is 1. The summed E-state index contributed by atoms with van der Waals surface area (Å²) in [6, 6.07) is 15.6. The number of para-hydroxylation sites is 1. The van der Waals surface area contributed by atoms with Crippen LogP contribution in [0.25, 0.3) is 0 Å². The van der Waals surface area contributed by atoms with Crippen LogP contribution in [0.2, 0.25) is 0 Å². The second-order valence-corrected chi connectivity index (χ2v) is 5.79. The van der Waals surface area contributed by atoms with Crippen LogP contribution in [0.5, 0.6) is 0 Å². The fourth-order valence-electron chi connectivity index (χ4n) is 2.48. The number of rotatable bonds is 6. The van der Waals surface area contributed by atoms with Crippen molar-refractivity contribution in [1.82, 2.24) is 14.9 Å². The largest absolute Gasteiger partial charge is 0.354 e. The van der Waals surface area contributed by atoms with Crippen LogP contribution in [0.15, 0.2) is 73.3 Å². The average molecular weight is 332 g/mol. The van der Waals surface area contributed by atoms with Crippen molar-refractivity contribution in [3.63, 3.8) is 0 Å². The number of anilines is 2. The second kappa shape index (κ2) is 8.06. The highest BCUT2D eigenvalue weighted by atomic mass is 16.2. The van der Waals surface area contributed by atoms with E-state index in [1.165, 1.54) is 0 Å². The number of likely N-dealkylation sites (N-methyl/N-ethyl adjacent to an activating group) is 1. The van der Waals surface area contributed by atoms with Gasteiger partial charge in [-0.15, -0.1) is 0 Å². The van der Waals surface area contributed by atoms with E-state index in [-0.39, 0.29) is 5.91 Å². The highest BCUT2D eigenvalue weighted by Gasteiger charge is 2.12. The maximum absolute atomic E-state index is 12.6. The molecule has 0 saturated carbocycles. The molecule has 2 aromatic heterocycles. The Labute approximate surface area is 147 Å². The fourth-order valence-corrected chi connectivity index (χ4v) is 2.48. The van der Waals surface area contributed by atoms with E-state index in [1.807, 2.05) is 48.5 Å². The van der Waals surface area contributed by atoms with Gasteiger partial charge >= 0.3 is 0 Å². The van der Waals surface area contributed by atoms with Crippen molar-refractivity contribution in [3.8, 4) is 0 Å². The third kappa shape index (κ3) is 4.64. The topological polar surface area (TPSA) is 58.1 Å². The van der Waals surface area contributed by atoms with Crippen molar-refractivity contribution in [2.24, 2.45) is 0 Å². The summed E-state index contributed by atoms with van der Waals surface area (Å²) in [5.41, 5.74) is 3.48. The number of aromatic nitrogens is 2. The molecule has 0 radical (unpaired) electrons. The molecule has 3 rings (SSSR count). The van der Waals surface area contributed by atoms with Gasteiger partial charge in [0.15, 0.2) is 0 Å². The number of hydrogen-bond donors (Lipinski definition) is 1. The third-order valence-corrected chi connectivity index (χ3v) is 3.88. The summed E-state index contributed by atoms with van der Waals surface area (Å²) in [4.78, 5) is 22.5. The molecule has 0 aliphatic heterocycles. The predicted octanol–water partition coefficient (Wildman–Crippen LogP) is 3.53. The molecule has 3 aromatic rings. The molecular weight excluding hydrogens is 312 g/mol. The highest BCUT2D eigenvalue weighted by Crippen LogP contribution is 2.17. The van der Waals surface area contributed by atoms with Gasteiger partial charge in [0, 0.05) is 37.9 Å². The first-order valence-electron chi connectivity index (χ1n) is 8.14. The van der Waals surface area contributed by atoms with Gasteiger partial charge in [0.25, 0.3) is 5.91 Å². The first-order chi connectivity index (χ1) is 12.2. The zero-order chi connectivity index (χ0) is 17.5. The summed E-state index contributed by atoms with van der Waals surface area (Å²) >= 11 is 0. The number of pyridine rings is 2. The minimum absolute atomic E-state index is 0.0433. The molecule has 126 valence electrons. The normalized spacial score (nSPS) is 10.3. The van der Waals surface area contributed by atoms with E-state index in [9.17, 15) is 4.79 Å². The van der Waals surface area contributed by atoms with Crippen LogP contribution in [-0.2, 0) is 6.42 Å². The van der Waals surface area contributed by atoms with Crippen molar-refractivity contribution in [3.05, 3.63) is 84.4 Å². The van der Waals surface area contributed by atoms with E-state index in [0.717, 1.165) is 23.4 Å². The zero-order valence-electron chi connectivity index (χ0n) is 14.1. The van der Waals surface area contributed by atoms with Crippen molar-refractivity contribution in [1.29, 1.82) is 0 Å². The van der Waals surface area contributed by atoms with Gasteiger partial charge in [-0.05, 0) is 42.3 Å². The third-order valence-electron chi connectivity index (χ3n) is 3.88. The minimum Gasteiger partial charge on any atom is -0.354 e. The van der Waals surface area contributed by atoms with E-state index in [1.54, 1.807) is 36.7 Å². The van der Waals surface area contributed by atoms with Crippen LogP contribution < -0.4 is 5.32 Å². The quantitative estimate of drug-likeness (QED) is 0.750. The number of nitrogens with zero attached hydrogens (tertiary/aromatic N) is 3. The van der Waals surface area contributed by atoms with E-state index in [2.05, 4.69) is 15.3 Å². The Morgan fingerprint density at radius 1 is 1.00 bits per heavy atom. The van der Waals surface area contributed by atoms with Crippen molar-refractivity contribution >= 4 is 17.3 Å². The summed E-state index contributed by atoms with van der Waals surface area (Å²) in [6.07, 6.45) is 7.63. The van der Waals surface area contributed by atoms with Gasteiger partial charge < -0.3 is 10.2 Å². The molecule has 0 aliphatic carbocycles. The van der Waals surface area contributed by atoms with Crippen LogP contribution >= 0.6 is 0 Å². The van der Waals surface area contributed by atoms with E-state index < -0.39 is 0 Å². The fraction of sp³-hybridized carbons (Fsp3) is 0.150. The molecule has 0 aliphatic rings. The first-order valence-corrected chi connectivity index (χ1v) is 8.14. The molecular formula is C20H20N4O. The Hall–Kier alpha value is -3.21. The number of nitrogens with one attached hydrogen (secondary N) is 1. The monoisotopic (exact) mass is 332 g/mol. The second-order valence-electron chi connectivity index (χ2n) is 5.79. The summed E-state index contributed by atoms with van der Waals surface area (Å²) in [5.74, 6) is -0.0433. The van der Waals surface area contributed by atoms with Gasteiger partial charge in [-0.1, -0.05) is 18.2 Å². The number of carbonyl (C=O) groups is 1. The van der Waals surface area contributed by atoms with Crippen LogP contribution in [0.1, 0.15) is 15.9 Å². The lowest BCUT2D eigenvalue weighted by Crippen LogP contribution is -2.29. The van der Waals surface area contributed by atoms with Crippen LogP contribution in [0, 0.1) is 0 Å². The van der Waals surface area contributed by atoms with Gasteiger partial charge in [-0.25, -0.2) is 0 Å². The molecule has 0 saturated heterocycles. The molecule has 0 fully saturated rings. The minimum atomic E-state index is -0.0433. The lowest BCUT2D eigenvalue weighted by atomic mass is 10.2. The lowest BCUT2D eigenvalue weighted by molar-refractivity contribution is 0.0796. The van der Waals surface area contributed by atoms with Crippen LogP contribution in [0.3, 0.4) is 0 Å². The van der Waals surface area contributed by atoms with E-state index >= 15 is 0 Å². The summed E-state index contributed by atoms with van der Waals surface area (Å²) < 4.78 is 0. The van der Waals surface area contributed by atoms with Crippen molar-refractivity contribution in [2.75, 3.05) is 18.9 Å².